The van der Waals surface area contributed by atoms with Gasteiger partial charge in [-0.25, -0.2) is 4.98 Å². The lowest BCUT2D eigenvalue weighted by molar-refractivity contribution is -0.119. The summed E-state index contributed by atoms with van der Waals surface area (Å²) >= 11 is 11.5. The average molecular weight is 262 g/mol. The van der Waals surface area contributed by atoms with Gasteiger partial charge in [-0.3, -0.25) is 4.79 Å². The maximum atomic E-state index is 11.2. The summed E-state index contributed by atoms with van der Waals surface area (Å²) in [4.78, 5) is 15.0. The van der Waals surface area contributed by atoms with E-state index in [0.717, 1.165) is 0 Å². The highest BCUT2D eigenvalue weighted by molar-refractivity contribution is 6.32. The molecular weight excluding hydrogens is 249 g/mol. The average Bonchev–Trinajstić information content (AvgIpc) is 2.11. The monoisotopic (exact) mass is 261 g/mol. The molecule has 0 spiro atoms. The summed E-state index contributed by atoms with van der Waals surface area (Å²) in [5.74, 6) is -0.345. The first-order valence-electron chi connectivity index (χ1n) is 4.79. The summed E-state index contributed by atoms with van der Waals surface area (Å²) in [7, 11) is 0. The topological polar surface area (TPSA) is 68.0 Å². The van der Waals surface area contributed by atoms with Crippen LogP contribution in [0.2, 0.25) is 10.3 Å². The summed E-state index contributed by atoms with van der Waals surface area (Å²) < 4.78 is 0. The Hall–Kier alpha value is -1.00. The highest BCUT2D eigenvalue weighted by atomic mass is 35.5. The molecule has 6 heteroatoms. The summed E-state index contributed by atoms with van der Waals surface area (Å²) in [6.07, 6.45) is 0. The lowest BCUT2D eigenvalue weighted by atomic mass is 10.0. The van der Waals surface area contributed by atoms with Crippen molar-refractivity contribution >= 4 is 34.8 Å². The quantitative estimate of drug-likeness (QED) is 0.818. The van der Waals surface area contributed by atoms with E-state index in [1.807, 2.05) is 13.8 Å². The van der Waals surface area contributed by atoms with Gasteiger partial charge < -0.3 is 11.1 Å². The third-order valence-corrected chi connectivity index (χ3v) is 2.45. The Morgan fingerprint density at radius 1 is 1.38 bits per heavy atom. The lowest BCUT2D eigenvalue weighted by Gasteiger charge is -2.20. The minimum atomic E-state index is -0.463. The van der Waals surface area contributed by atoms with Gasteiger partial charge in [0.05, 0.1) is 0 Å². The van der Waals surface area contributed by atoms with E-state index < -0.39 is 11.9 Å². The largest absolute Gasteiger partial charge is 0.373 e. The lowest BCUT2D eigenvalue weighted by Crippen LogP contribution is -2.39. The van der Waals surface area contributed by atoms with Gasteiger partial charge in [0.1, 0.15) is 16.3 Å². The number of nitrogens with one attached hydrogen (secondary N) is 1. The summed E-state index contributed by atoms with van der Waals surface area (Å²) in [5.41, 5.74) is 5.91. The van der Waals surface area contributed by atoms with Crippen molar-refractivity contribution in [1.29, 1.82) is 0 Å². The molecule has 1 unspecified atom stereocenters. The normalized spacial score (nSPS) is 12.6. The highest BCUT2D eigenvalue weighted by Gasteiger charge is 2.19. The molecule has 4 nitrogen and oxygen atoms in total. The van der Waals surface area contributed by atoms with Crippen LogP contribution >= 0.6 is 23.2 Å². The van der Waals surface area contributed by atoms with Crippen LogP contribution in [0.4, 0.5) is 5.69 Å². The van der Waals surface area contributed by atoms with Gasteiger partial charge in [-0.1, -0.05) is 37.0 Å². The first-order chi connectivity index (χ1) is 7.40. The van der Waals surface area contributed by atoms with Gasteiger partial charge in [0.15, 0.2) is 0 Å². The fraction of sp³-hybridized carbons (Fsp3) is 0.400. The molecule has 0 aliphatic carbocycles. The van der Waals surface area contributed by atoms with E-state index in [4.69, 9.17) is 28.9 Å². The van der Waals surface area contributed by atoms with Gasteiger partial charge in [-0.05, 0) is 18.1 Å². The Kier molecular flexibility index (Phi) is 4.38. The Morgan fingerprint density at radius 2 is 1.88 bits per heavy atom. The second-order valence-electron chi connectivity index (χ2n) is 3.77. The van der Waals surface area contributed by atoms with Crippen molar-refractivity contribution in [2.45, 2.75) is 19.9 Å². The van der Waals surface area contributed by atoms with Crippen molar-refractivity contribution in [1.82, 2.24) is 4.98 Å². The van der Waals surface area contributed by atoms with Crippen LogP contribution in [-0.2, 0) is 4.79 Å². The summed E-state index contributed by atoms with van der Waals surface area (Å²) in [6, 6.07) is 2.71. The molecule has 0 saturated carbocycles. The Balaban J connectivity index is 2.89. The van der Waals surface area contributed by atoms with Crippen LogP contribution in [0.3, 0.4) is 0 Å². The molecule has 16 heavy (non-hydrogen) atoms. The molecular formula is C10H13Cl2N3O. The van der Waals surface area contributed by atoms with Gasteiger partial charge in [0, 0.05) is 5.69 Å². The van der Waals surface area contributed by atoms with E-state index in [2.05, 4.69) is 10.3 Å². The van der Waals surface area contributed by atoms with Crippen LogP contribution in [-0.4, -0.2) is 16.9 Å². The zero-order valence-electron chi connectivity index (χ0n) is 9.00. The molecule has 0 fully saturated rings. The molecule has 88 valence electrons. The van der Waals surface area contributed by atoms with Crippen molar-refractivity contribution in [3.05, 3.63) is 22.4 Å². The number of halogens is 2. The van der Waals surface area contributed by atoms with E-state index in [-0.39, 0.29) is 16.2 Å². The summed E-state index contributed by atoms with van der Waals surface area (Å²) in [6.45, 7) is 3.79. The van der Waals surface area contributed by atoms with E-state index >= 15 is 0 Å². The van der Waals surface area contributed by atoms with Crippen LogP contribution in [0.1, 0.15) is 13.8 Å². The van der Waals surface area contributed by atoms with Crippen LogP contribution in [0.25, 0.3) is 0 Å². The number of aromatic nitrogens is 1. The number of nitrogens with two attached hydrogens (primary N) is 1. The highest BCUT2D eigenvalue weighted by Crippen LogP contribution is 2.20. The maximum Gasteiger partial charge on any atom is 0.240 e. The molecule has 0 radical (unpaired) electrons. The molecule has 0 aliphatic rings. The Bertz CT molecular complexity index is 375. The second-order valence-corrected chi connectivity index (χ2v) is 4.54. The molecule has 0 bridgehead atoms. The fourth-order valence-electron chi connectivity index (χ4n) is 1.29. The van der Waals surface area contributed by atoms with E-state index in [0.29, 0.717) is 5.69 Å². The van der Waals surface area contributed by atoms with Gasteiger partial charge >= 0.3 is 0 Å². The molecule has 0 aliphatic heterocycles. The standard InChI is InChI=1S/C10H13Cl2N3O/c1-5(2)9(10(13)16)14-6-3-7(11)15-8(12)4-6/h3-5,9H,1-2H3,(H2,13,16)(H,14,15). The molecule has 1 atom stereocenters. The SMILES string of the molecule is CC(C)C(Nc1cc(Cl)nc(Cl)c1)C(N)=O. The smallest absolute Gasteiger partial charge is 0.240 e. The van der Waals surface area contributed by atoms with Gasteiger partial charge in [0.25, 0.3) is 0 Å². The molecule has 1 amide bonds. The number of amides is 1. The minimum Gasteiger partial charge on any atom is -0.373 e. The van der Waals surface area contributed by atoms with E-state index in [9.17, 15) is 4.79 Å². The maximum absolute atomic E-state index is 11.2. The fourth-order valence-corrected chi connectivity index (χ4v) is 1.75. The van der Waals surface area contributed by atoms with Gasteiger partial charge in [-0.2, -0.15) is 0 Å². The second kappa shape index (κ2) is 5.37. The van der Waals surface area contributed by atoms with E-state index in [1.165, 1.54) is 0 Å². The number of hydrogen-bond donors (Lipinski definition) is 2. The van der Waals surface area contributed by atoms with Crippen molar-refractivity contribution in [2.75, 3.05) is 5.32 Å². The van der Waals surface area contributed by atoms with E-state index in [1.54, 1.807) is 12.1 Å². The molecule has 1 heterocycles. The predicted molar refractivity (Wildman–Crippen MR) is 65.7 cm³/mol. The molecule has 1 rings (SSSR count). The number of primary amides is 1. The number of carbonyl (C=O) groups is 1. The molecule has 1 aromatic rings. The number of hydrogen-bond acceptors (Lipinski definition) is 3. The molecule has 0 saturated heterocycles. The molecule has 1 aromatic heterocycles. The first kappa shape index (κ1) is 13.1. The van der Waals surface area contributed by atoms with Gasteiger partial charge in [0.2, 0.25) is 5.91 Å². The number of nitrogens with zero attached hydrogens (tertiary/aromatic N) is 1. The minimum absolute atomic E-state index is 0.0724. The van der Waals surface area contributed by atoms with Crippen LogP contribution in [0.15, 0.2) is 12.1 Å². The molecule has 0 aromatic carbocycles. The zero-order valence-corrected chi connectivity index (χ0v) is 10.5. The number of rotatable bonds is 4. The molecule has 3 N–H and O–H groups in total. The third-order valence-electron chi connectivity index (χ3n) is 2.06. The number of carbonyl (C=O) groups excluding carboxylic acids is 1. The van der Waals surface area contributed by atoms with Crippen molar-refractivity contribution in [2.24, 2.45) is 11.7 Å². The zero-order chi connectivity index (χ0) is 12.3. The van der Waals surface area contributed by atoms with Crippen molar-refractivity contribution < 1.29 is 4.79 Å². The summed E-state index contributed by atoms with van der Waals surface area (Å²) in [5, 5.41) is 3.51. The predicted octanol–water partition coefficient (Wildman–Crippen LogP) is 2.31. The van der Waals surface area contributed by atoms with Gasteiger partial charge in [-0.15, -0.1) is 0 Å². The third kappa shape index (κ3) is 3.54. The van der Waals surface area contributed by atoms with Crippen molar-refractivity contribution in [3.8, 4) is 0 Å². The van der Waals surface area contributed by atoms with Crippen LogP contribution in [0.5, 0.6) is 0 Å². The van der Waals surface area contributed by atoms with Crippen molar-refractivity contribution in [3.63, 3.8) is 0 Å². The Morgan fingerprint density at radius 3 is 2.25 bits per heavy atom. The number of pyridine rings is 1. The first-order valence-corrected chi connectivity index (χ1v) is 5.54. The number of anilines is 1. The van der Waals surface area contributed by atoms with Crippen LogP contribution < -0.4 is 11.1 Å². The Labute approximate surface area is 104 Å². The van der Waals surface area contributed by atoms with Crippen LogP contribution in [0, 0.1) is 5.92 Å².